The number of alkyl carbamates (subject to hydrolysis) is 1. The third-order valence-corrected chi connectivity index (χ3v) is 5.58. The fraction of sp³-hybridized carbons (Fsp3) is 0.333. The molecule has 0 spiro atoms. The summed E-state index contributed by atoms with van der Waals surface area (Å²) < 4.78 is 5.42. The molecule has 0 bridgehead atoms. The lowest BCUT2D eigenvalue weighted by Crippen LogP contribution is -2.53. The summed E-state index contributed by atoms with van der Waals surface area (Å²) in [7, 11) is 0. The SMILES string of the molecule is O=C(N[C@]1(C(=O)O)CC[C@H](O)C1)OCC1c2ccccc2-c2ccccc21. The number of rotatable bonds is 4. The fourth-order valence-corrected chi connectivity index (χ4v) is 4.21. The van der Waals surface area contributed by atoms with Gasteiger partial charge in [-0.2, -0.15) is 0 Å². The van der Waals surface area contributed by atoms with Gasteiger partial charge in [-0.3, -0.25) is 0 Å². The van der Waals surface area contributed by atoms with Crippen LogP contribution in [0.25, 0.3) is 11.1 Å². The van der Waals surface area contributed by atoms with Gasteiger partial charge < -0.3 is 20.3 Å². The molecule has 1 saturated carbocycles. The maximum Gasteiger partial charge on any atom is 0.408 e. The monoisotopic (exact) mass is 367 g/mol. The van der Waals surface area contributed by atoms with Crippen LogP contribution in [0.3, 0.4) is 0 Å². The minimum absolute atomic E-state index is 0.00741. The standard InChI is InChI=1S/C21H21NO5/c23-13-9-10-21(11-13,19(24)25)22-20(26)27-12-18-16-7-3-1-5-14(16)15-6-2-4-8-17(15)18/h1-8,13,18,23H,9-12H2,(H,22,26)(H,24,25)/t13-,21+/m0/s1. The van der Waals surface area contributed by atoms with Crippen LogP contribution in [0.5, 0.6) is 0 Å². The smallest absolute Gasteiger partial charge is 0.408 e. The molecule has 2 atom stereocenters. The number of aliphatic hydroxyl groups is 1. The molecule has 0 aromatic heterocycles. The molecule has 140 valence electrons. The van der Waals surface area contributed by atoms with E-state index < -0.39 is 23.7 Å². The number of aliphatic carboxylic acids is 1. The average Bonchev–Trinajstić information content (AvgIpc) is 3.19. The van der Waals surface area contributed by atoms with E-state index in [1.165, 1.54) is 0 Å². The molecule has 0 aliphatic heterocycles. The van der Waals surface area contributed by atoms with Gasteiger partial charge in [0.15, 0.2) is 0 Å². The van der Waals surface area contributed by atoms with Gasteiger partial charge in [0, 0.05) is 12.3 Å². The average molecular weight is 367 g/mol. The first-order valence-electron chi connectivity index (χ1n) is 9.05. The van der Waals surface area contributed by atoms with E-state index in [1.54, 1.807) is 0 Å². The van der Waals surface area contributed by atoms with E-state index in [2.05, 4.69) is 5.32 Å². The zero-order chi connectivity index (χ0) is 19.0. The molecule has 6 heteroatoms. The summed E-state index contributed by atoms with van der Waals surface area (Å²) in [4.78, 5) is 23.9. The maximum absolute atomic E-state index is 12.3. The van der Waals surface area contributed by atoms with Gasteiger partial charge in [-0.15, -0.1) is 0 Å². The van der Waals surface area contributed by atoms with Crippen LogP contribution >= 0.6 is 0 Å². The molecule has 1 amide bonds. The van der Waals surface area contributed by atoms with E-state index in [0.717, 1.165) is 22.3 Å². The Balaban J connectivity index is 1.49. The summed E-state index contributed by atoms with van der Waals surface area (Å²) in [6, 6.07) is 16.0. The number of nitrogens with one attached hydrogen (secondary N) is 1. The highest BCUT2D eigenvalue weighted by molar-refractivity contribution is 5.85. The summed E-state index contributed by atoms with van der Waals surface area (Å²) in [6.45, 7) is 0.123. The second kappa shape index (κ2) is 6.70. The molecule has 3 N–H and O–H groups in total. The highest BCUT2D eigenvalue weighted by atomic mass is 16.5. The number of aliphatic hydroxyl groups excluding tert-OH is 1. The Morgan fingerprint density at radius 1 is 1.07 bits per heavy atom. The van der Waals surface area contributed by atoms with Gasteiger partial charge in [0.1, 0.15) is 12.1 Å². The lowest BCUT2D eigenvalue weighted by Gasteiger charge is -2.25. The van der Waals surface area contributed by atoms with Crippen LogP contribution in [0, 0.1) is 0 Å². The molecule has 0 unspecified atom stereocenters. The van der Waals surface area contributed by atoms with Crippen molar-refractivity contribution < 1.29 is 24.5 Å². The Labute approximate surface area is 156 Å². The van der Waals surface area contributed by atoms with Gasteiger partial charge in [0.25, 0.3) is 0 Å². The molecule has 0 radical (unpaired) electrons. The highest BCUT2D eigenvalue weighted by Crippen LogP contribution is 2.44. The maximum atomic E-state index is 12.3. The minimum Gasteiger partial charge on any atom is -0.480 e. The van der Waals surface area contributed by atoms with Crippen LogP contribution in [0.4, 0.5) is 4.79 Å². The molecule has 6 nitrogen and oxygen atoms in total. The molecular weight excluding hydrogens is 346 g/mol. The number of carboxylic acids is 1. The summed E-state index contributed by atoms with van der Waals surface area (Å²) in [6.07, 6.45) is -0.973. The third kappa shape index (κ3) is 3.06. The molecule has 2 aliphatic carbocycles. The summed E-state index contributed by atoms with van der Waals surface area (Å²) in [5.41, 5.74) is 2.99. The van der Waals surface area contributed by atoms with Gasteiger partial charge in [-0.05, 0) is 35.1 Å². The van der Waals surface area contributed by atoms with Crippen LogP contribution in [0.15, 0.2) is 48.5 Å². The number of fused-ring (bicyclic) bond motifs is 3. The van der Waals surface area contributed by atoms with Gasteiger partial charge in [0.05, 0.1) is 6.10 Å². The van der Waals surface area contributed by atoms with Gasteiger partial charge in [0.2, 0.25) is 0 Å². The summed E-state index contributed by atoms with van der Waals surface area (Å²) in [5.74, 6) is -1.23. The Kier molecular flexibility index (Phi) is 4.36. The summed E-state index contributed by atoms with van der Waals surface area (Å²) in [5, 5.41) is 21.7. The van der Waals surface area contributed by atoms with Crippen LogP contribution < -0.4 is 5.32 Å². The van der Waals surface area contributed by atoms with Crippen molar-refractivity contribution in [3.8, 4) is 11.1 Å². The molecule has 1 fully saturated rings. The number of carboxylic acid groups (broad SMARTS) is 1. The second-order valence-corrected chi connectivity index (χ2v) is 7.23. The van der Waals surface area contributed by atoms with Gasteiger partial charge in [-0.1, -0.05) is 48.5 Å². The van der Waals surface area contributed by atoms with Crippen molar-refractivity contribution in [1.29, 1.82) is 0 Å². The van der Waals surface area contributed by atoms with Crippen molar-refractivity contribution in [2.45, 2.75) is 36.8 Å². The van der Waals surface area contributed by atoms with Gasteiger partial charge in [-0.25, -0.2) is 9.59 Å². The molecular formula is C21H21NO5. The molecule has 0 heterocycles. The van der Waals surface area contributed by atoms with Crippen LogP contribution in [-0.4, -0.2) is 40.5 Å². The molecule has 27 heavy (non-hydrogen) atoms. The first-order valence-corrected chi connectivity index (χ1v) is 9.05. The van der Waals surface area contributed by atoms with Crippen LogP contribution in [0.1, 0.15) is 36.3 Å². The molecule has 2 aromatic rings. The predicted molar refractivity (Wildman–Crippen MR) is 98.4 cm³/mol. The number of carbonyl (C=O) groups is 2. The van der Waals surface area contributed by atoms with Crippen LogP contribution in [-0.2, 0) is 9.53 Å². The summed E-state index contributed by atoms with van der Waals surface area (Å²) >= 11 is 0. The molecule has 4 rings (SSSR count). The van der Waals surface area contributed by atoms with E-state index >= 15 is 0 Å². The normalized spacial score (nSPS) is 23.5. The lowest BCUT2D eigenvalue weighted by atomic mass is 9.97. The number of benzene rings is 2. The minimum atomic E-state index is -1.46. The van der Waals surface area contributed by atoms with E-state index in [9.17, 15) is 19.8 Å². The van der Waals surface area contributed by atoms with Crippen molar-refractivity contribution in [3.63, 3.8) is 0 Å². The topological polar surface area (TPSA) is 95.9 Å². The number of ether oxygens (including phenoxy) is 1. The zero-order valence-corrected chi connectivity index (χ0v) is 14.7. The number of amides is 1. The van der Waals surface area contributed by atoms with E-state index in [-0.39, 0.29) is 25.4 Å². The number of carbonyl (C=O) groups excluding carboxylic acids is 1. The Hall–Kier alpha value is -2.86. The molecule has 2 aromatic carbocycles. The molecule has 2 aliphatic rings. The van der Waals surface area contributed by atoms with E-state index in [0.29, 0.717) is 6.42 Å². The Bertz CT molecular complexity index is 850. The first-order chi connectivity index (χ1) is 13.0. The zero-order valence-electron chi connectivity index (χ0n) is 14.7. The van der Waals surface area contributed by atoms with Gasteiger partial charge >= 0.3 is 12.1 Å². The van der Waals surface area contributed by atoms with Crippen molar-refractivity contribution in [2.75, 3.05) is 6.61 Å². The Morgan fingerprint density at radius 3 is 2.19 bits per heavy atom. The van der Waals surface area contributed by atoms with E-state index in [4.69, 9.17) is 4.74 Å². The number of hydrogen-bond acceptors (Lipinski definition) is 4. The first kappa shape index (κ1) is 17.5. The predicted octanol–water partition coefficient (Wildman–Crippen LogP) is 2.89. The fourth-order valence-electron chi connectivity index (χ4n) is 4.21. The quantitative estimate of drug-likeness (QED) is 0.772. The highest BCUT2D eigenvalue weighted by Gasteiger charge is 2.47. The number of hydrogen-bond donors (Lipinski definition) is 3. The third-order valence-electron chi connectivity index (χ3n) is 5.58. The Morgan fingerprint density at radius 2 is 1.67 bits per heavy atom. The van der Waals surface area contributed by atoms with Crippen molar-refractivity contribution in [2.24, 2.45) is 0 Å². The lowest BCUT2D eigenvalue weighted by molar-refractivity contribution is -0.144. The second-order valence-electron chi connectivity index (χ2n) is 7.23. The van der Waals surface area contributed by atoms with Crippen LogP contribution in [0.2, 0.25) is 0 Å². The van der Waals surface area contributed by atoms with Crippen molar-refractivity contribution in [3.05, 3.63) is 59.7 Å². The van der Waals surface area contributed by atoms with Crippen molar-refractivity contribution >= 4 is 12.1 Å². The van der Waals surface area contributed by atoms with Crippen molar-refractivity contribution in [1.82, 2.24) is 5.32 Å². The van der Waals surface area contributed by atoms with E-state index in [1.807, 2.05) is 48.5 Å². The largest absolute Gasteiger partial charge is 0.480 e. The molecule has 0 saturated heterocycles.